The van der Waals surface area contributed by atoms with Crippen molar-refractivity contribution in [1.29, 1.82) is 0 Å². The van der Waals surface area contributed by atoms with Gasteiger partial charge in [-0.25, -0.2) is 4.98 Å². The Morgan fingerprint density at radius 1 is 1.10 bits per heavy atom. The fourth-order valence-electron chi connectivity index (χ4n) is 2.76. The van der Waals surface area contributed by atoms with Crippen LogP contribution in [-0.2, 0) is 12.8 Å². The van der Waals surface area contributed by atoms with Crippen LogP contribution in [0.2, 0.25) is 0 Å². The van der Waals surface area contributed by atoms with Gasteiger partial charge in [0, 0.05) is 12.6 Å². The van der Waals surface area contributed by atoms with Gasteiger partial charge >= 0.3 is 0 Å². The first kappa shape index (κ1) is 13.9. The zero-order valence-electron chi connectivity index (χ0n) is 12.6. The van der Waals surface area contributed by atoms with E-state index in [1.807, 2.05) is 26.0 Å². The number of ether oxygens (including phenoxy) is 1. The average Bonchev–Trinajstić information content (AvgIpc) is 2.47. The highest BCUT2D eigenvalue weighted by molar-refractivity contribution is 5.42. The van der Waals surface area contributed by atoms with E-state index in [9.17, 15) is 0 Å². The Kier molecular flexibility index (Phi) is 4.04. The Bertz CT molecular complexity index is 640. The number of nitrogens with zero attached hydrogens (tertiary/aromatic N) is 2. The Morgan fingerprint density at radius 2 is 1.90 bits per heavy atom. The van der Waals surface area contributed by atoms with E-state index in [-0.39, 0.29) is 0 Å². The molecule has 0 spiro atoms. The van der Waals surface area contributed by atoms with Crippen LogP contribution in [0.3, 0.4) is 0 Å². The molecule has 0 aliphatic heterocycles. The highest BCUT2D eigenvalue weighted by atomic mass is 16.5. The second-order valence-corrected chi connectivity index (χ2v) is 5.41. The molecule has 0 saturated carbocycles. The molecule has 0 saturated heterocycles. The molecule has 110 valence electrons. The maximum atomic E-state index is 5.92. The maximum Gasteiger partial charge on any atom is 0.224 e. The monoisotopic (exact) mass is 283 g/mol. The molecule has 1 aromatic heterocycles. The lowest BCUT2D eigenvalue weighted by Gasteiger charge is -2.16. The predicted molar refractivity (Wildman–Crippen MR) is 84.1 cm³/mol. The first-order valence-electron chi connectivity index (χ1n) is 7.64. The number of anilines is 1. The van der Waals surface area contributed by atoms with Crippen molar-refractivity contribution in [3.05, 3.63) is 41.2 Å². The molecule has 0 radical (unpaired) electrons. The highest BCUT2D eigenvalue weighted by Crippen LogP contribution is 2.28. The molecule has 2 aromatic rings. The fraction of sp³-hybridized carbons (Fsp3) is 0.412. The van der Waals surface area contributed by atoms with Crippen LogP contribution in [0.1, 0.15) is 36.7 Å². The van der Waals surface area contributed by atoms with Gasteiger partial charge in [0.1, 0.15) is 17.4 Å². The lowest BCUT2D eigenvalue weighted by Crippen LogP contribution is -2.04. The number of hydrogen-bond donors (Lipinski definition) is 1. The van der Waals surface area contributed by atoms with Crippen LogP contribution in [0.4, 0.5) is 5.82 Å². The normalized spacial score (nSPS) is 13.6. The van der Waals surface area contributed by atoms with Crippen LogP contribution in [0.15, 0.2) is 24.3 Å². The summed E-state index contributed by atoms with van der Waals surface area (Å²) in [7, 11) is 0. The van der Waals surface area contributed by atoms with Crippen molar-refractivity contribution in [3.8, 4) is 11.6 Å². The van der Waals surface area contributed by atoms with Gasteiger partial charge in [-0.3, -0.25) is 0 Å². The molecule has 4 nitrogen and oxygen atoms in total. The summed E-state index contributed by atoms with van der Waals surface area (Å²) in [6.45, 7) is 4.75. The first-order valence-corrected chi connectivity index (χ1v) is 7.64. The van der Waals surface area contributed by atoms with Crippen LogP contribution in [-0.4, -0.2) is 16.5 Å². The molecule has 1 aromatic carbocycles. The molecule has 21 heavy (non-hydrogen) atoms. The summed E-state index contributed by atoms with van der Waals surface area (Å²) in [6.07, 6.45) is 4.91. The second-order valence-electron chi connectivity index (χ2n) is 5.41. The van der Waals surface area contributed by atoms with Gasteiger partial charge in [0.15, 0.2) is 0 Å². The zero-order valence-corrected chi connectivity index (χ0v) is 12.6. The SMILES string of the molecule is CCNc1cc(Oc2ccc3c(c2)CCCC3)nc(C)n1. The summed E-state index contributed by atoms with van der Waals surface area (Å²) in [5.74, 6) is 2.96. The molecule has 4 heteroatoms. The molecular weight excluding hydrogens is 262 g/mol. The van der Waals surface area contributed by atoms with E-state index in [1.54, 1.807) is 0 Å². The lowest BCUT2D eigenvalue weighted by molar-refractivity contribution is 0.458. The minimum atomic E-state index is 0.592. The first-order chi connectivity index (χ1) is 10.2. The van der Waals surface area contributed by atoms with E-state index >= 15 is 0 Å². The van der Waals surface area contributed by atoms with Gasteiger partial charge in [-0.1, -0.05) is 6.07 Å². The van der Waals surface area contributed by atoms with Gasteiger partial charge in [0.25, 0.3) is 0 Å². The van der Waals surface area contributed by atoms with Gasteiger partial charge in [-0.15, -0.1) is 0 Å². The second kappa shape index (κ2) is 6.12. The third-order valence-electron chi connectivity index (χ3n) is 3.71. The average molecular weight is 283 g/mol. The Hall–Kier alpha value is -2.10. The summed E-state index contributed by atoms with van der Waals surface area (Å²) in [5.41, 5.74) is 2.87. The number of aryl methyl sites for hydroxylation is 3. The van der Waals surface area contributed by atoms with E-state index in [4.69, 9.17) is 4.74 Å². The minimum absolute atomic E-state index is 0.592. The van der Waals surface area contributed by atoms with Crippen LogP contribution in [0.5, 0.6) is 11.6 Å². The molecule has 1 aliphatic carbocycles. The zero-order chi connectivity index (χ0) is 14.7. The summed E-state index contributed by atoms with van der Waals surface area (Å²) in [4.78, 5) is 8.68. The molecule has 0 amide bonds. The van der Waals surface area contributed by atoms with Crippen LogP contribution in [0, 0.1) is 6.92 Å². The molecule has 0 bridgehead atoms. The van der Waals surface area contributed by atoms with Crippen molar-refractivity contribution in [3.63, 3.8) is 0 Å². The van der Waals surface area contributed by atoms with E-state index in [1.165, 1.54) is 30.4 Å². The van der Waals surface area contributed by atoms with Crippen LogP contribution in [0.25, 0.3) is 0 Å². The van der Waals surface area contributed by atoms with Crippen molar-refractivity contribution < 1.29 is 4.74 Å². The maximum absolute atomic E-state index is 5.92. The smallest absolute Gasteiger partial charge is 0.224 e. The molecule has 0 fully saturated rings. The number of aromatic nitrogens is 2. The summed E-state index contributed by atoms with van der Waals surface area (Å²) in [5, 5.41) is 3.19. The van der Waals surface area contributed by atoms with Crippen LogP contribution >= 0.6 is 0 Å². The molecule has 0 atom stereocenters. The number of fused-ring (bicyclic) bond motifs is 1. The molecule has 0 unspecified atom stereocenters. The number of rotatable bonds is 4. The predicted octanol–water partition coefficient (Wildman–Crippen LogP) is 3.89. The molecular formula is C17H21N3O. The van der Waals surface area contributed by atoms with Crippen molar-refractivity contribution in [2.75, 3.05) is 11.9 Å². The number of hydrogen-bond acceptors (Lipinski definition) is 4. The van der Waals surface area contributed by atoms with Crippen molar-refractivity contribution in [2.45, 2.75) is 39.5 Å². The van der Waals surface area contributed by atoms with Gasteiger partial charge in [-0.05, 0) is 62.8 Å². The summed E-state index contributed by atoms with van der Waals surface area (Å²) < 4.78 is 5.92. The fourth-order valence-corrected chi connectivity index (χ4v) is 2.76. The van der Waals surface area contributed by atoms with Crippen molar-refractivity contribution in [1.82, 2.24) is 9.97 Å². The quantitative estimate of drug-likeness (QED) is 0.924. The van der Waals surface area contributed by atoms with Gasteiger partial charge in [0.2, 0.25) is 5.88 Å². The largest absolute Gasteiger partial charge is 0.439 e. The molecule has 3 rings (SSSR count). The van der Waals surface area contributed by atoms with E-state index in [0.29, 0.717) is 11.7 Å². The van der Waals surface area contributed by atoms with Crippen molar-refractivity contribution in [2.24, 2.45) is 0 Å². The van der Waals surface area contributed by atoms with Gasteiger partial charge < -0.3 is 10.1 Å². The van der Waals surface area contributed by atoms with E-state index in [0.717, 1.165) is 24.5 Å². The Morgan fingerprint density at radius 3 is 2.71 bits per heavy atom. The Labute approximate surface area is 125 Å². The van der Waals surface area contributed by atoms with Crippen molar-refractivity contribution >= 4 is 5.82 Å². The van der Waals surface area contributed by atoms with E-state index < -0.39 is 0 Å². The third kappa shape index (κ3) is 3.32. The number of nitrogens with one attached hydrogen (secondary N) is 1. The summed E-state index contributed by atoms with van der Waals surface area (Å²) in [6, 6.07) is 8.21. The topological polar surface area (TPSA) is 47.0 Å². The molecule has 1 heterocycles. The standard InChI is InChI=1S/C17H21N3O/c1-3-18-16-11-17(20-12(2)19-16)21-15-9-8-13-6-4-5-7-14(13)10-15/h8-11H,3-7H2,1-2H3,(H,18,19,20). The third-order valence-corrected chi connectivity index (χ3v) is 3.71. The Balaban J connectivity index is 1.83. The molecule has 1 aliphatic rings. The van der Waals surface area contributed by atoms with Gasteiger partial charge in [-0.2, -0.15) is 4.98 Å². The molecule has 1 N–H and O–H groups in total. The lowest BCUT2D eigenvalue weighted by atomic mass is 9.92. The van der Waals surface area contributed by atoms with Gasteiger partial charge in [0.05, 0.1) is 0 Å². The summed E-state index contributed by atoms with van der Waals surface area (Å²) >= 11 is 0. The number of benzene rings is 1. The highest BCUT2D eigenvalue weighted by Gasteiger charge is 2.11. The van der Waals surface area contributed by atoms with E-state index in [2.05, 4.69) is 27.4 Å². The minimum Gasteiger partial charge on any atom is -0.439 e. The van der Waals surface area contributed by atoms with Crippen LogP contribution < -0.4 is 10.1 Å².